The van der Waals surface area contributed by atoms with Crippen LogP contribution in [0.15, 0.2) is 34.1 Å². The van der Waals surface area contributed by atoms with Crippen molar-refractivity contribution in [2.75, 3.05) is 20.1 Å². The molecule has 10 heteroatoms. The van der Waals surface area contributed by atoms with Crippen LogP contribution in [-0.2, 0) is 24.8 Å². The number of carboxylic acid groups (broad SMARTS) is 1. The summed E-state index contributed by atoms with van der Waals surface area (Å²) in [5.41, 5.74) is 0. The maximum absolute atomic E-state index is 12.4. The summed E-state index contributed by atoms with van der Waals surface area (Å²) in [5.74, 6) is -1.73. The van der Waals surface area contributed by atoms with E-state index in [1.54, 1.807) is 0 Å². The minimum absolute atomic E-state index is 0.0428. The third-order valence-corrected chi connectivity index (χ3v) is 6.85. The van der Waals surface area contributed by atoms with E-state index in [1.165, 1.54) is 31.3 Å². The van der Waals surface area contributed by atoms with Crippen molar-refractivity contribution in [2.24, 2.45) is 5.92 Å². The van der Waals surface area contributed by atoms with E-state index in [4.69, 9.17) is 5.11 Å². The van der Waals surface area contributed by atoms with Gasteiger partial charge >= 0.3 is 5.97 Å². The van der Waals surface area contributed by atoms with Gasteiger partial charge in [0.25, 0.3) is 0 Å². The van der Waals surface area contributed by atoms with E-state index < -0.39 is 31.9 Å². The zero-order chi connectivity index (χ0) is 16.5. The van der Waals surface area contributed by atoms with Crippen molar-refractivity contribution in [2.45, 2.75) is 16.2 Å². The third-order valence-electron chi connectivity index (χ3n) is 3.54. The number of rotatable bonds is 5. The third kappa shape index (κ3) is 3.14. The number of nitrogens with one attached hydrogen (secondary N) is 1. The predicted molar refractivity (Wildman–Crippen MR) is 77.2 cm³/mol. The van der Waals surface area contributed by atoms with Crippen molar-refractivity contribution in [3.63, 3.8) is 0 Å². The zero-order valence-corrected chi connectivity index (χ0v) is 13.4. The van der Waals surface area contributed by atoms with Gasteiger partial charge in [0.05, 0.1) is 15.7 Å². The number of hydrogen-bond donors (Lipinski definition) is 2. The average Bonchev–Trinajstić information content (AvgIpc) is 2.98. The van der Waals surface area contributed by atoms with Gasteiger partial charge in [0.2, 0.25) is 20.0 Å². The highest BCUT2D eigenvalue weighted by atomic mass is 32.2. The first kappa shape index (κ1) is 16.9. The summed E-state index contributed by atoms with van der Waals surface area (Å²) in [6.07, 6.45) is 0.265. The first-order chi connectivity index (χ1) is 10.2. The van der Waals surface area contributed by atoms with Gasteiger partial charge in [0.15, 0.2) is 0 Å². The van der Waals surface area contributed by atoms with Gasteiger partial charge in [-0.3, -0.25) is 4.79 Å². The summed E-state index contributed by atoms with van der Waals surface area (Å²) in [7, 11) is -6.19. The van der Waals surface area contributed by atoms with Crippen molar-refractivity contribution in [3.05, 3.63) is 24.3 Å². The Morgan fingerprint density at radius 2 is 1.73 bits per heavy atom. The van der Waals surface area contributed by atoms with Crippen LogP contribution < -0.4 is 4.72 Å². The predicted octanol–water partition coefficient (Wildman–Crippen LogP) is -0.310. The molecular weight excluding hydrogens is 332 g/mol. The summed E-state index contributed by atoms with van der Waals surface area (Å²) >= 11 is 0. The minimum Gasteiger partial charge on any atom is -0.481 e. The second-order valence-electron chi connectivity index (χ2n) is 4.87. The molecule has 122 valence electrons. The number of nitrogens with zero attached hydrogens (tertiary/aromatic N) is 1. The maximum Gasteiger partial charge on any atom is 0.307 e. The van der Waals surface area contributed by atoms with Gasteiger partial charge in [-0.1, -0.05) is 0 Å². The highest BCUT2D eigenvalue weighted by Crippen LogP contribution is 2.25. The van der Waals surface area contributed by atoms with Crippen molar-refractivity contribution in [3.8, 4) is 0 Å². The fraction of sp³-hybridized carbons (Fsp3) is 0.417. The number of benzene rings is 1. The highest BCUT2D eigenvalue weighted by Gasteiger charge is 2.35. The lowest BCUT2D eigenvalue weighted by Gasteiger charge is -2.16. The first-order valence-electron chi connectivity index (χ1n) is 6.45. The molecule has 0 aromatic heterocycles. The standard InChI is InChI=1S/C12H16N2O6S2/c1-13-21(17,18)10-2-4-11(5-3-10)22(19,20)14-7-6-9(8-14)12(15)16/h2-5,9,13H,6-8H2,1H3,(H,15,16). The molecule has 1 aromatic rings. The normalized spacial score (nSPS) is 20.1. The Balaban J connectivity index is 2.26. The van der Waals surface area contributed by atoms with E-state index in [2.05, 4.69) is 4.72 Å². The lowest BCUT2D eigenvalue weighted by Crippen LogP contribution is -2.30. The van der Waals surface area contributed by atoms with Gasteiger partial charge in [-0.15, -0.1) is 0 Å². The number of hydrogen-bond acceptors (Lipinski definition) is 5. The second-order valence-corrected chi connectivity index (χ2v) is 8.69. The molecule has 1 aliphatic rings. The molecule has 0 aliphatic carbocycles. The summed E-state index contributed by atoms with van der Waals surface area (Å²) < 4.78 is 51.2. The molecule has 2 N–H and O–H groups in total. The zero-order valence-electron chi connectivity index (χ0n) is 11.8. The molecule has 1 heterocycles. The van der Waals surface area contributed by atoms with Crippen LogP contribution in [0, 0.1) is 5.92 Å². The maximum atomic E-state index is 12.4. The van der Waals surface area contributed by atoms with Crippen LogP contribution in [0.3, 0.4) is 0 Å². The fourth-order valence-electron chi connectivity index (χ4n) is 2.21. The van der Waals surface area contributed by atoms with Crippen molar-refractivity contribution < 1.29 is 26.7 Å². The van der Waals surface area contributed by atoms with Gasteiger partial charge < -0.3 is 5.11 Å². The Morgan fingerprint density at radius 1 is 1.18 bits per heavy atom. The van der Waals surface area contributed by atoms with Crippen LogP contribution in [-0.4, -0.2) is 52.4 Å². The summed E-state index contributed by atoms with van der Waals surface area (Å²) in [4.78, 5) is 10.8. The molecule has 0 spiro atoms. The molecule has 1 fully saturated rings. The van der Waals surface area contributed by atoms with Crippen LogP contribution in [0.25, 0.3) is 0 Å². The molecule has 0 amide bonds. The van der Waals surface area contributed by atoms with E-state index in [-0.39, 0.29) is 29.3 Å². The van der Waals surface area contributed by atoms with Crippen LogP contribution >= 0.6 is 0 Å². The lowest BCUT2D eigenvalue weighted by molar-refractivity contribution is -0.141. The molecule has 22 heavy (non-hydrogen) atoms. The quantitative estimate of drug-likeness (QED) is 0.753. The molecule has 1 aliphatic heterocycles. The van der Waals surface area contributed by atoms with Crippen molar-refractivity contribution in [1.29, 1.82) is 0 Å². The number of sulfonamides is 2. The Hall–Kier alpha value is -1.49. The summed E-state index contributed by atoms with van der Waals surface area (Å²) in [6, 6.07) is 4.80. The van der Waals surface area contributed by atoms with Crippen molar-refractivity contribution >= 4 is 26.0 Å². The Morgan fingerprint density at radius 3 is 2.18 bits per heavy atom. The summed E-state index contributed by atoms with van der Waals surface area (Å²) in [5, 5.41) is 8.93. The Labute approximate surface area is 128 Å². The van der Waals surface area contributed by atoms with Crippen molar-refractivity contribution in [1.82, 2.24) is 9.03 Å². The van der Waals surface area contributed by atoms with Crippen LogP contribution in [0.5, 0.6) is 0 Å². The average molecular weight is 348 g/mol. The molecule has 8 nitrogen and oxygen atoms in total. The van der Waals surface area contributed by atoms with Gasteiger partial charge in [-0.25, -0.2) is 21.6 Å². The molecule has 1 aromatic carbocycles. The van der Waals surface area contributed by atoms with E-state index >= 15 is 0 Å². The molecule has 1 atom stereocenters. The molecule has 2 rings (SSSR count). The Kier molecular flexibility index (Phi) is 4.57. The number of aliphatic carboxylic acids is 1. The van der Waals surface area contributed by atoms with Crippen LogP contribution in [0.4, 0.5) is 0 Å². The molecular formula is C12H16N2O6S2. The van der Waals surface area contributed by atoms with Gasteiger partial charge in [0.1, 0.15) is 0 Å². The fourth-order valence-corrected chi connectivity index (χ4v) is 4.44. The largest absolute Gasteiger partial charge is 0.481 e. The van der Waals surface area contributed by atoms with Gasteiger partial charge in [0, 0.05) is 13.1 Å². The SMILES string of the molecule is CNS(=O)(=O)c1ccc(S(=O)(=O)N2CCC(C(=O)O)C2)cc1. The topological polar surface area (TPSA) is 121 Å². The monoisotopic (exact) mass is 348 g/mol. The van der Waals surface area contributed by atoms with E-state index in [1.807, 2.05) is 0 Å². The van der Waals surface area contributed by atoms with E-state index in [9.17, 15) is 21.6 Å². The smallest absolute Gasteiger partial charge is 0.307 e. The van der Waals surface area contributed by atoms with Crippen LogP contribution in [0.2, 0.25) is 0 Å². The lowest BCUT2D eigenvalue weighted by atomic mass is 10.1. The summed E-state index contributed by atoms with van der Waals surface area (Å²) in [6.45, 7) is 0.0596. The van der Waals surface area contributed by atoms with E-state index in [0.29, 0.717) is 0 Å². The molecule has 0 saturated carbocycles. The molecule has 0 bridgehead atoms. The molecule has 0 radical (unpaired) electrons. The number of carboxylic acids is 1. The minimum atomic E-state index is -3.82. The highest BCUT2D eigenvalue weighted by molar-refractivity contribution is 7.89. The Bertz CT molecular complexity index is 770. The van der Waals surface area contributed by atoms with Crippen LogP contribution in [0.1, 0.15) is 6.42 Å². The van der Waals surface area contributed by atoms with Gasteiger partial charge in [-0.2, -0.15) is 4.31 Å². The second kappa shape index (κ2) is 5.95. The first-order valence-corrected chi connectivity index (χ1v) is 9.37. The molecule has 1 saturated heterocycles. The van der Waals surface area contributed by atoms with Gasteiger partial charge in [-0.05, 0) is 37.7 Å². The van der Waals surface area contributed by atoms with E-state index in [0.717, 1.165) is 4.31 Å². The molecule has 1 unspecified atom stereocenters. The number of carbonyl (C=O) groups is 1.